The van der Waals surface area contributed by atoms with Crippen molar-refractivity contribution in [3.8, 4) is 0 Å². The van der Waals surface area contributed by atoms with Gasteiger partial charge in [0.15, 0.2) is 4.60 Å². The lowest BCUT2D eigenvalue weighted by Crippen LogP contribution is -2.46. The highest BCUT2D eigenvalue weighted by Gasteiger charge is 2.35. The Hall–Kier alpha value is -0.510. The van der Waals surface area contributed by atoms with Gasteiger partial charge in [-0.2, -0.15) is 4.31 Å². The number of hydrogen-bond donors (Lipinski definition) is 0. The second kappa shape index (κ2) is 5.94. The third-order valence-corrected chi connectivity index (χ3v) is 7.19. The summed E-state index contributed by atoms with van der Waals surface area (Å²) in [6.07, 6.45) is 4.35. The Kier molecular flexibility index (Phi) is 4.35. The summed E-state index contributed by atoms with van der Waals surface area (Å²) in [6, 6.07) is 0.534. The van der Waals surface area contributed by atoms with Crippen molar-refractivity contribution in [2.45, 2.75) is 36.8 Å². The molecule has 2 fully saturated rings. The van der Waals surface area contributed by atoms with E-state index in [0.717, 1.165) is 25.9 Å². The average Bonchev–Trinajstić information content (AvgIpc) is 3.09. The Morgan fingerprint density at radius 2 is 1.76 bits per heavy atom. The Morgan fingerprint density at radius 1 is 1.14 bits per heavy atom. The van der Waals surface area contributed by atoms with Gasteiger partial charge in [-0.25, -0.2) is 13.1 Å². The number of sulfonamides is 1. The van der Waals surface area contributed by atoms with Crippen molar-refractivity contribution in [1.29, 1.82) is 0 Å². The molecule has 0 aromatic carbocycles. The van der Waals surface area contributed by atoms with E-state index in [9.17, 15) is 8.42 Å². The molecule has 21 heavy (non-hydrogen) atoms. The van der Waals surface area contributed by atoms with Crippen LogP contribution >= 0.6 is 15.9 Å². The van der Waals surface area contributed by atoms with Gasteiger partial charge in [0.25, 0.3) is 10.0 Å². The van der Waals surface area contributed by atoms with E-state index in [1.165, 1.54) is 17.5 Å². The van der Waals surface area contributed by atoms with Crippen LogP contribution in [0.5, 0.6) is 0 Å². The molecule has 9 heteroatoms. The molecule has 0 N–H and O–H groups in total. The maximum absolute atomic E-state index is 12.7. The number of nitrogens with zero attached hydrogens (tertiary/aromatic N) is 5. The summed E-state index contributed by atoms with van der Waals surface area (Å²) in [4.78, 5) is 2.51. The van der Waals surface area contributed by atoms with E-state index >= 15 is 0 Å². The molecule has 0 saturated carbocycles. The van der Waals surface area contributed by atoms with Gasteiger partial charge in [0, 0.05) is 26.2 Å². The van der Waals surface area contributed by atoms with Crippen LogP contribution in [0.1, 0.15) is 25.7 Å². The van der Waals surface area contributed by atoms with Gasteiger partial charge in [0.1, 0.15) is 0 Å². The van der Waals surface area contributed by atoms with E-state index < -0.39 is 10.0 Å². The lowest BCUT2D eigenvalue weighted by molar-refractivity contribution is 0.167. The van der Waals surface area contributed by atoms with E-state index in [-0.39, 0.29) is 9.63 Å². The zero-order valence-corrected chi connectivity index (χ0v) is 14.5. The summed E-state index contributed by atoms with van der Waals surface area (Å²) in [5.41, 5.74) is 0. The average molecular weight is 378 g/mol. The highest BCUT2D eigenvalue weighted by atomic mass is 79.9. The summed E-state index contributed by atoms with van der Waals surface area (Å²) in [5, 5.41) is 7.67. The molecule has 2 saturated heterocycles. The minimum Gasteiger partial charge on any atom is -0.300 e. The fourth-order valence-corrected chi connectivity index (χ4v) is 5.77. The molecule has 1 aromatic heterocycles. The van der Waals surface area contributed by atoms with Crippen LogP contribution in [0.15, 0.2) is 9.63 Å². The molecule has 3 rings (SSSR count). The Balaban J connectivity index is 1.71. The molecule has 0 bridgehead atoms. The molecule has 3 heterocycles. The van der Waals surface area contributed by atoms with Crippen molar-refractivity contribution in [1.82, 2.24) is 24.2 Å². The van der Waals surface area contributed by atoms with Crippen molar-refractivity contribution in [3.05, 3.63) is 4.60 Å². The first-order valence-corrected chi connectivity index (χ1v) is 9.53. The summed E-state index contributed by atoms with van der Waals surface area (Å²) >= 11 is 3.18. The van der Waals surface area contributed by atoms with Crippen molar-refractivity contribution >= 4 is 26.0 Å². The van der Waals surface area contributed by atoms with Gasteiger partial charge in [0.2, 0.25) is 5.03 Å². The quantitative estimate of drug-likeness (QED) is 0.779. The van der Waals surface area contributed by atoms with Crippen LogP contribution in [0.3, 0.4) is 0 Å². The molecule has 1 aromatic rings. The summed E-state index contributed by atoms with van der Waals surface area (Å²) in [5.74, 6) is 0. The number of likely N-dealkylation sites (tertiary alicyclic amines) is 1. The third-order valence-electron chi connectivity index (χ3n) is 4.40. The molecule has 2 aliphatic heterocycles. The minimum absolute atomic E-state index is 0.141. The summed E-state index contributed by atoms with van der Waals surface area (Å²) in [7, 11) is -1.92. The maximum Gasteiger partial charge on any atom is 0.263 e. The van der Waals surface area contributed by atoms with E-state index in [1.807, 2.05) is 0 Å². The topological polar surface area (TPSA) is 71.3 Å². The van der Waals surface area contributed by atoms with E-state index in [0.29, 0.717) is 19.1 Å². The second-order valence-corrected chi connectivity index (χ2v) is 8.29. The summed E-state index contributed by atoms with van der Waals surface area (Å²) in [6.45, 7) is 3.46. The zero-order chi connectivity index (χ0) is 15.0. The van der Waals surface area contributed by atoms with Gasteiger partial charge in [-0.1, -0.05) is 5.21 Å². The fraction of sp³-hybridized carbons (Fsp3) is 0.833. The van der Waals surface area contributed by atoms with E-state index in [4.69, 9.17) is 0 Å². The highest BCUT2D eigenvalue weighted by molar-refractivity contribution is 9.10. The monoisotopic (exact) mass is 377 g/mol. The first-order chi connectivity index (χ1) is 10.00. The smallest absolute Gasteiger partial charge is 0.263 e. The molecule has 0 unspecified atom stereocenters. The normalized spacial score (nSPS) is 23.0. The molecule has 0 spiro atoms. The van der Waals surface area contributed by atoms with Crippen LogP contribution in [0.2, 0.25) is 0 Å². The Bertz CT molecular complexity index is 584. The zero-order valence-electron chi connectivity index (χ0n) is 12.1. The maximum atomic E-state index is 12.7. The number of halogens is 1. The minimum atomic E-state index is -3.52. The largest absolute Gasteiger partial charge is 0.300 e. The first-order valence-electron chi connectivity index (χ1n) is 7.29. The van der Waals surface area contributed by atoms with Crippen molar-refractivity contribution in [2.75, 3.05) is 26.2 Å². The lowest BCUT2D eigenvalue weighted by Gasteiger charge is -2.35. The van der Waals surface area contributed by atoms with Crippen LogP contribution in [-0.2, 0) is 17.1 Å². The molecule has 7 nitrogen and oxygen atoms in total. The molecular weight excluding hydrogens is 358 g/mol. The molecular formula is C12H20BrN5O2S. The van der Waals surface area contributed by atoms with Crippen molar-refractivity contribution in [3.63, 3.8) is 0 Å². The predicted octanol–water partition coefficient (Wildman–Crippen LogP) is 0.826. The number of aryl methyl sites for hydroxylation is 1. The van der Waals surface area contributed by atoms with E-state index in [2.05, 4.69) is 31.1 Å². The second-order valence-electron chi connectivity index (χ2n) is 5.69. The third kappa shape index (κ3) is 2.88. The van der Waals surface area contributed by atoms with Gasteiger partial charge < -0.3 is 4.90 Å². The lowest BCUT2D eigenvalue weighted by atomic mass is 10.1. The van der Waals surface area contributed by atoms with E-state index in [1.54, 1.807) is 11.4 Å². The van der Waals surface area contributed by atoms with Crippen LogP contribution < -0.4 is 0 Å². The molecule has 118 valence electrons. The molecule has 0 amide bonds. The standard InChI is InChI=1S/C12H20BrN5O2S/c1-16-12(11(13)14-15-16)21(19,20)18-8-4-10(5-9-18)17-6-2-3-7-17/h10H,2-9H2,1H3. The molecule has 2 aliphatic rings. The number of rotatable bonds is 3. The fourth-order valence-electron chi connectivity index (χ4n) is 3.27. The first kappa shape index (κ1) is 15.4. The van der Waals surface area contributed by atoms with Gasteiger partial charge in [-0.3, -0.25) is 0 Å². The van der Waals surface area contributed by atoms with Crippen LogP contribution in [0.4, 0.5) is 0 Å². The number of hydrogen-bond acceptors (Lipinski definition) is 5. The number of piperidine rings is 1. The number of aromatic nitrogens is 3. The predicted molar refractivity (Wildman–Crippen MR) is 81.3 cm³/mol. The van der Waals surface area contributed by atoms with Crippen LogP contribution in [-0.4, -0.2) is 64.8 Å². The van der Waals surface area contributed by atoms with Crippen molar-refractivity contribution in [2.24, 2.45) is 7.05 Å². The molecule has 0 aliphatic carbocycles. The Labute approximate surface area is 133 Å². The Morgan fingerprint density at radius 3 is 2.29 bits per heavy atom. The van der Waals surface area contributed by atoms with Crippen LogP contribution in [0.25, 0.3) is 0 Å². The highest BCUT2D eigenvalue weighted by Crippen LogP contribution is 2.27. The SMILES string of the molecule is Cn1nnc(Br)c1S(=O)(=O)N1CCC(N2CCCC2)CC1. The van der Waals surface area contributed by atoms with Crippen LogP contribution in [0, 0.1) is 0 Å². The van der Waals surface area contributed by atoms with Crippen molar-refractivity contribution < 1.29 is 8.42 Å². The summed E-state index contributed by atoms with van der Waals surface area (Å²) < 4.78 is 28.6. The molecule has 0 atom stereocenters. The van der Waals surface area contributed by atoms with Gasteiger partial charge in [-0.15, -0.1) is 5.10 Å². The van der Waals surface area contributed by atoms with Gasteiger partial charge in [0.05, 0.1) is 0 Å². The van der Waals surface area contributed by atoms with Gasteiger partial charge in [-0.05, 0) is 54.7 Å². The molecule has 0 radical (unpaired) electrons. The van der Waals surface area contributed by atoms with Gasteiger partial charge >= 0.3 is 0 Å².